The molecule has 0 atom stereocenters. The number of hydrogen-bond donors (Lipinski definition) is 0. The Morgan fingerprint density at radius 2 is 2.23 bits per heavy atom. The molecule has 13 heavy (non-hydrogen) atoms. The average Bonchev–Trinajstić information content (AvgIpc) is 2.17. The Morgan fingerprint density at radius 1 is 1.38 bits per heavy atom. The van der Waals surface area contributed by atoms with Crippen molar-refractivity contribution >= 4 is 6.91 Å². The molecule has 0 spiro atoms. The Kier molecular flexibility index (Phi) is 2.50. The first-order chi connectivity index (χ1) is 6.27. The predicted octanol–water partition coefficient (Wildman–Crippen LogP) is 1.79. The van der Waals surface area contributed by atoms with Crippen LogP contribution in [0.15, 0.2) is 18.0 Å². The van der Waals surface area contributed by atoms with E-state index in [4.69, 9.17) is 0 Å². The molecule has 0 amide bonds. The molecule has 2 heteroatoms. The summed E-state index contributed by atoms with van der Waals surface area (Å²) in [5.41, 5.74) is 3.06. The quantitative estimate of drug-likeness (QED) is 0.625. The molecule has 0 radical (unpaired) electrons. The van der Waals surface area contributed by atoms with Crippen LogP contribution in [-0.4, -0.2) is 24.4 Å². The second kappa shape index (κ2) is 3.63. The SMILES string of the molecule is CC(C)N1CCc2ccbcc2C1. The summed E-state index contributed by atoms with van der Waals surface area (Å²) in [5, 5.41) is 0. The molecular formula is C11H16BN. The number of fused-ring (bicyclic) bond motifs is 1. The van der Waals surface area contributed by atoms with E-state index in [1.807, 2.05) is 0 Å². The first kappa shape index (κ1) is 8.95. The molecule has 0 unspecified atom stereocenters. The van der Waals surface area contributed by atoms with Crippen LogP contribution >= 0.6 is 0 Å². The van der Waals surface area contributed by atoms with Gasteiger partial charge < -0.3 is 0 Å². The summed E-state index contributed by atoms with van der Waals surface area (Å²) in [6, 6.07) is 2.93. The summed E-state index contributed by atoms with van der Waals surface area (Å²) in [5.74, 6) is 4.40. The molecule has 0 N–H and O–H groups in total. The van der Waals surface area contributed by atoms with Crippen LogP contribution in [-0.2, 0) is 13.0 Å². The van der Waals surface area contributed by atoms with Crippen LogP contribution in [0.2, 0.25) is 0 Å². The molecule has 0 aliphatic carbocycles. The first-order valence-corrected chi connectivity index (χ1v) is 5.08. The molecule has 1 aromatic heterocycles. The molecule has 1 nitrogen and oxygen atoms in total. The zero-order valence-electron chi connectivity index (χ0n) is 8.46. The summed E-state index contributed by atoms with van der Waals surface area (Å²) in [6.07, 6.45) is 1.22. The zero-order chi connectivity index (χ0) is 9.26. The number of rotatable bonds is 1. The Bertz CT molecular complexity index is 296. The fourth-order valence-corrected chi connectivity index (χ4v) is 1.96. The maximum atomic E-state index is 2.53. The third kappa shape index (κ3) is 1.83. The van der Waals surface area contributed by atoms with Gasteiger partial charge in [-0.25, -0.2) is 0 Å². The monoisotopic (exact) mass is 173 g/mol. The molecule has 0 saturated carbocycles. The molecule has 0 aromatic carbocycles. The standard InChI is InChI=1S/C11H16BN/c1-9(2)13-6-4-10-3-5-12-7-11(10)8-13/h3,5,7,9H,4,6,8H2,1-2H3. The van der Waals surface area contributed by atoms with Gasteiger partial charge in [0, 0.05) is 0 Å². The molecule has 0 fully saturated rings. The van der Waals surface area contributed by atoms with E-state index < -0.39 is 0 Å². The fourth-order valence-electron chi connectivity index (χ4n) is 1.96. The van der Waals surface area contributed by atoms with Crippen LogP contribution in [0, 0.1) is 0 Å². The number of nitrogens with zero attached hydrogens (tertiary/aromatic N) is 1. The van der Waals surface area contributed by atoms with Crippen LogP contribution in [0.4, 0.5) is 0 Å². The molecule has 0 bridgehead atoms. The Morgan fingerprint density at radius 3 is 3.00 bits per heavy atom. The van der Waals surface area contributed by atoms with Crippen molar-refractivity contribution in [2.24, 2.45) is 0 Å². The van der Waals surface area contributed by atoms with E-state index in [-0.39, 0.29) is 0 Å². The Balaban J connectivity index is 2.20. The number of hydrogen-bond acceptors (Lipinski definition) is 1. The van der Waals surface area contributed by atoms with E-state index in [0.29, 0.717) is 6.04 Å². The second-order valence-corrected chi connectivity index (χ2v) is 4.08. The van der Waals surface area contributed by atoms with Crippen molar-refractivity contribution in [3.05, 3.63) is 29.1 Å². The molecule has 1 aliphatic rings. The minimum atomic E-state index is 0.674. The molecule has 2 heterocycles. The molecular weight excluding hydrogens is 157 g/mol. The Labute approximate surface area is 81.0 Å². The van der Waals surface area contributed by atoms with Gasteiger partial charge in [0.2, 0.25) is 0 Å². The molecule has 1 aliphatic heterocycles. The van der Waals surface area contributed by atoms with Crippen LogP contribution in [0.3, 0.4) is 0 Å². The second-order valence-electron chi connectivity index (χ2n) is 4.08. The van der Waals surface area contributed by atoms with E-state index in [0.717, 1.165) is 6.54 Å². The van der Waals surface area contributed by atoms with E-state index in [9.17, 15) is 0 Å². The van der Waals surface area contributed by atoms with E-state index in [2.05, 4.69) is 43.6 Å². The fraction of sp³-hybridized carbons (Fsp3) is 0.545. The van der Waals surface area contributed by atoms with Gasteiger partial charge in [-0.05, 0) is 0 Å². The van der Waals surface area contributed by atoms with Crippen molar-refractivity contribution in [2.45, 2.75) is 32.9 Å². The first-order valence-electron chi connectivity index (χ1n) is 5.08. The molecule has 68 valence electrons. The van der Waals surface area contributed by atoms with Gasteiger partial charge in [-0.3, -0.25) is 0 Å². The van der Waals surface area contributed by atoms with Crippen molar-refractivity contribution in [2.75, 3.05) is 6.54 Å². The third-order valence-corrected chi connectivity index (χ3v) is 2.89. The normalized spacial score (nSPS) is 17.2. The molecule has 0 saturated heterocycles. The maximum absolute atomic E-state index is 2.53. The van der Waals surface area contributed by atoms with Gasteiger partial charge in [0.1, 0.15) is 0 Å². The summed E-state index contributed by atoms with van der Waals surface area (Å²) in [4.78, 5) is 2.53. The van der Waals surface area contributed by atoms with Crippen LogP contribution in [0.5, 0.6) is 0 Å². The van der Waals surface area contributed by atoms with E-state index in [1.54, 1.807) is 5.56 Å². The van der Waals surface area contributed by atoms with Crippen molar-refractivity contribution < 1.29 is 0 Å². The van der Waals surface area contributed by atoms with Gasteiger partial charge >= 0.3 is 80.3 Å². The van der Waals surface area contributed by atoms with Crippen molar-refractivity contribution in [1.29, 1.82) is 0 Å². The van der Waals surface area contributed by atoms with Gasteiger partial charge in [0.05, 0.1) is 0 Å². The van der Waals surface area contributed by atoms with Crippen molar-refractivity contribution in [3.63, 3.8) is 0 Å². The Hall–Kier alpha value is -0.625. The molecule has 1 aromatic rings. The van der Waals surface area contributed by atoms with E-state index >= 15 is 0 Å². The average molecular weight is 173 g/mol. The summed E-state index contributed by atoms with van der Waals surface area (Å²) < 4.78 is 0. The van der Waals surface area contributed by atoms with Crippen LogP contribution < -0.4 is 0 Å². The minimum absolute atomic E-state index is 0.674. The summed E-state index contributed by atoms with van der Waals surface area (Å²) in [6.45, 7) is 9.03. The van der Waals surface area contributed by atoms with Gasteiger partial charge in [0.25, 0.3) is 0 Å². The van der Waals surface area contributed by atoms with Crippen LogP contribution in [0.1, 0.15) is 25.0 Å². The van der Waals surface area contributed by atoms with Crippen molar-refractivity contribution in [1.82, 2.24) is 4.90 Å². The van der Waals surface area contributed by atoms with Gasteiger partial charge in [-0.1, -0.05) is 0 Å². The van der Waals surface area contributed by atoms with Crippen molar-refractivity contribution in [3.8, 4) is 0 Å². The third-order valence-electron chi connectivity index (χ3n) is 2.89. The van der Waals surface area contributed by atoms with Gasteiger partial charge in [0.15, 0.2) is 0 Å². The van der Waals surface area contributed by atoms with Crippen LogP contribution in [0.25, 0.3) is 0 Å². The van der Waals surface area contributed by atoms with E-state index in [1.165, 1.54) is 18.5 Å². The van der Waals surface area contributed by atoms with Gasteiger partial charge in [-0.2, -0.15) is 0 Å². The topological polar surface area (TPSA) is 3.24 Å². The molecule has 2 rings (SSSR count). The summed E-state index contributed by atoms with van der Waals surface area (Å²) >= 11 is 0. The predicted molar refractivity (Wildman–Crippen MR) is 57.0 cm³/mol. The van der Waals surface area contributed by atoms with Gasteiger partial charge in [-0.15, -0.1) is 0 Å². The summed E-state index contributed by atoms with van der Waals surface area (Å²) in [7, 11) is 0. The zero-order valence-corrected chi connectivity index (χ0v) is 8.46.